The number of aryl methyl sites for hydroxylation is 2. The van der Waals surface area contributed by atoms with Gasteiger partial charge in [0.25, 0.3) is 0 Å². The molecule has 2 aromatic heterocycles. The summed E-state index contributed by atoms with van der Waals surface area (Å²) >= 11 is 1.87. The number of nitrogens with zero attached hydrogens (tertiary/aromatic N) is 3. The van der Waals surface area contributed by atoms with Crippen LogP contribution in [0.5, 0.6) is 0 Å². The molecule has 0 aliphatic heterocycles. The molecule has 0 saturated heterocycles. The smallest absolute Gasteiger partial charge is 0.0953 e. The standard InChI is InChI=1S/C22H35N3S/c1-15(2)22-23-14-20(26-22)11-10-16(3)21-13-19(25(5)24-21)12-17(4)18-8-6-7-9-18/h13-18H,6-12H2,1-5H3. The molecule has 0 radical (unpaired) electrons. The minimum atomic E-state index is 0.501. The Morgan fingerprint density at radius 1 is 1.19 bits per heavy atom. The lowest BCUT2D eigenvalue weighted by Gasteiger charge is -2.18. The van der Waals surface area contributed by atoms with Gasteiger partial charge in [0.15, 0.2) is 0 Å². The number of thiazole rings is 1. The minimum absolute atomic E-state index is 0.501. The van der Waals surface area contributed by atoms with E-state index in [9.17, 15) is 0 Å². The molecule has 144 valence electrons. The summed E-state index contributed by atoms with van der Waals surface area (Å²) in [6.45, 7) is 9.18. The quantitative estimate of drug-likeness (QED) is 0.559. The molecule has 1 aliphatic carbocycles. The molecule has 4 heteroatoms. The molecule has 0 bridgehead atoms. The molecule has 1 aliphatic rings. The first-order valence-corrected chi connectivity index (χ1v) is 11.2. The van der Waals surface area contributed by atoms with Crippen molar-refractivity contribution in [1.82, 2.24) is 14.8 Å². The molecule has 0 spiro atoms. The second kappa shape index (κ2) is 8.69. The van der Waals surface area contributed by atoms with Gasteiger partial charge in [-0.1, -0.05) is 53.4 Å². The first-order valence-electron chi connectivity index (χ1n) is 10.4. The zero-order valence-corrected chi connectivity index (χ0v) is 18.0. The van der Waals surface area contributed by atoms with Crippen molar-refractivity contribution in [3.05, 3.63) is 33.5 Å². The van der Waals surface area contributed by atoms with Crippen molar-refractivity contribution in [2.45, 2.75) is 84.5 Å². The highest BCUT2D eigenvalue weighted by Crippen LogP contribution is 2.33. The maximum atomic E-state index is 4.84. The molecule has 2 heterocycles. The molecule has 2 aromatic rings. The Bertz CT molecular complexity index is 694. The number of aromatic nitrogens is 3. The summed E-state index contributed by atoms with van der Waals surface area (Å²) in [7, 11) is 2.12. The summed E-state index contributed by atoms with van der Waals surface area (Å²) in [6, 6.07) is 2.36. The monoisotopic (exact) mass is 373 g/mol. The van der Waals surface area contributed by atoms with E-state index in [0.717, 1.165) is 24.7 Å². The van der Waals surface area contributed by atoms with Crippen molar-refractivity contribution >= 4 is 11.3 Å². The maximum absolute atomic E-state index is 4.84. The van der Waals surface area contributed by atoms with Crippen LogP contribution < -0.4 is 0 Å². The number of hydrogen-bond acceptors (Lipinski definition) is 3. The average Bonchev–Trinajstić information content (AvgIpc) is 3.34. The molecular formula is C22H35N3S. The molecule has 2 unspecified atom stereocenters. The van der Waals surface area contributed by atoms with Gasteiger partial charge < -0.3 is 0 Å². The van der Waals surface area contributed by atoms with Crippen molar-refractivity contribution in [3.63, 3.8) is 0 Å². The van der Waals surface area contributed by atoms with Gasteiger partial charge in [-0.15, -0.1) is 11.3 Å². The minimum Gasteiger partial charge on any atom is -0.272 e. The van der Waals surface area contributed by atoms with E-state index in [1.54, 1.807) is 0 Å². The van der Waals surface area contributed by atoms with E-state index < -0.39 is 0 Å². The molecule has 3 rings (SSSR count). The lowest BCUT2D eigenvalue weighted by Crippen LogP contribution is -2.13. The normalized spacial score (nSPS) is 17.9. The highest BCUT2D eigenvalue weighted by atomic mass is 32.1. The lowest BCUT2D eigenvalue weighted by atomic mass is 9.88. The topological polar surface area (TPSA) is 30.7 Å². The molecule has 3 nitrogen and oxygen atoms in total. The Morgan fingerprint density at radius 2 is 1.92 bits per heavy atom. The van der Waals surface area contributed by atoms with Gasteiger partial charge in [0.2, 0.25) is 0 Å². The van der Waals surface area contributed by atoms with E-state index in [0.29, 0.717) is 11.8 Å². The summed E-state index contributed by atoms with van der Waals surface area (Å²) in [5, 5.41) is 6.10. The van der Waals surface area contributed by atoms with Gasteiger partial charge in [-0.3, -0.25) is 4.68 Å². The van der Waals surface area contributed by atoms with Crippen LogP contribution in [0.1, 0.15) is 92.9 Å². The Balaban J connectivity index is 1.56. The summed E-state index contributed by atoms with van der Waals surface area (Å²) in [6.07, 6.45) is 11.2. The van der Waals surface area contributed by atoms with Crippen LogP contribution in [0.25, 0.3) is 0 Å². The Labute approximate surface area is 163 Å². The molecule has 0 N–H and O–H groups in total. The van der Waals surface area contributed by atoms with Crippen molar-refractivity contribution < 1.29 is 0 Å². The molecule has 1 fully saturated rings. The highest BCUT2D eigenvalue weighted by Gasteiger charge is 2.23. The maximum Gasteiger partial charge on any atom is 0.0953 e. The van der Waals surface area contributed by atoms with Gasteiger partial charge in [-0.2, -0.15) is 5.10 Å². The van der Waals surface area contributed by atoms with Crippen molar-refractivity contribution in [2.75, 3.05) is 0 Å². The third kappa shape index (κ3) is 4.76. The average molecular weight is 374 g/mol. The van der Waals surface area contributed by atoms with E-state index in [4.69, 9.17) is 5.10 Å². The number of hydrogen-bond donors (Lipinski definition) is 0. The van der Waals surface area contributed by atoms with E-state index in [-0.39, 0.29) is 0 Å². The van der Waals surface area contributed by atoms with Crippen LogP contribution >= 0.6 is 11.3 Å². The van der Waals surface area contributed by atoms with Crippen molar-refractivity contribution in [1.29, 1.82) is 0 Å². The molecule has 26 heavy (non-hydrogen) atoms. The summed E-state index contributed by atoms with van der Waals surface area (Å²) < 4.78 is 2.13. The van der Waals surface area contributed by atoms with Gasteiger partial charge in [-0.25, -0.2) is 4.98 Å². The fourth-order valence-corrected chi connectivity index (χ4v) is 5.13. The van der Waals surface area contributed by atoms with E-state index in [1.165, 1.54) is 53.4 Å². The third-order valence-corrected chi connectivity index (χ3v) is 7.48. The molecular weight excluding hydrogens is 338 g/mol. The lowest BCUT2D eigenvalue weighted by molar-refractivity contribution is 0.358. The largest absolute Gasteiger partial charge is 0.272 e. The van der Waals surface area contributed by atoms with Gasteiger partial charge in [0.1, 0.15) is 0 Å². The summed E-state index contributed by atoms with van der Waals surface area (Å²) in [4.78, 5) is 5.96. The Hall–Kier alpha value is -1.16. The van der Waals surface area contributed by atoms with E-state index in [2.05, 4.69) is 56.7 Å². The zero-order chi connectivity index (χ0) is 18.7. The summed E-state index contributed by atoms with van der Waals surface area (Å²) in [5.74, 6) is 2.74. The predicted octanol–water partition coefficient (Wildman–Crippen LogP) is 6.11. The van der Waals surface area contributed by atoms with E-state index in [1.807, 2.05) is 11.3 Å². The first-order chi connectivity index (χ1) is 12.4. The molecule has 0 aromatic carbocycles. The van der Waals surface area contributed by atoms with Crippen LogP contribution in [0.4, 0.5) is 0 Å². The highest BCUT2D eigenvalue weighted by molar-refractivity contribution is 7.11. The second-order valence-electron chi connectivity index (χ2n) is 8.67. The van der Waals surface area contributed by atoms with Crippen LogP contribution in [0.3, 0.4) is 0 Å². The first kappa shape index (κ1) is 19.6. The zero-order valence-electron chi connectivity index (χ0n) is 17.2. The number of rotatable bonds is 8. The van der Waals surface area contributed by atoms with Crippen LogP contribution in [0.15, 0.2) is 12.3 Å². The van der Waals surface area contributed by atoms with Gasteiger partial charge in [-0.05, 0) is 37.2 Å². The van der Waals surface area contributed by atoms with Crippen LogP contribution in [-0.2, 0) is 19.9 Å². The van der Waals surface area contributed by atoms with E-state index >= 15 is 0 Å². The van der Waals surface area contributed by atoms with Crippen molar-refractivity contribution in [2.24, 2.45) is 18.9 Å². The Kier molecular flexibility index (Phi) is 6.55. The molecule has 1 saturated carbocycles. The van der Waals surface area contributed by atoms with Crippen molar-refractivity contribution in [3.8, 4) is 0 Å². The van der Waals surface area contributed by atoms with Gasteiger partial charge in [0, 0.05) is 35.7 Å². The Morgan fingerprint density at radius 3 is 2.58 bits per heavy atom. The summed E-state index contributed by atoms with van der Waals surface area (Å²) in [5.41, 5.74) is 2.67. The molecule has 0 amide bonds. The predicted molar refractivity (Wildman–Crippen MR) is 111 cm³/mol. The van der Waals surface area contributed by atoms with Gasteiger partial charge in [0.05, 0.1) is 10.7 Å². The second-order valence-corrected chi connectivity index (χ2v) is 9.82. The molecule has 2 atom stereocenters. The fraction of sp³-hybridized carbons (Fsp3) is 0.727. The van der Waals surface area contributed by atoms with Gasteiger partial charge >= 0.3 is 0 Å². The fourth-order valence-electron chi connectivity index (χ4n) is 4.20. The van der Waals surface area contributed by atoms with Crippen LogP contribution in [0.2, 0.25) is 0 Å². The van der Waals surface area contributed by atoms with Crippen LogP contribution in [0, 0.1) is 11.8 Å². The SMILES string of the molecule is CC(C)c1ncc(CCC(C)c2cc(CC(C)C3CCCC3)n(C)n2)s1. The van der Waals surface area contributed by atoms with Crippen LogP contribution in [-0.4, -0.2) is 14.8 Å². The third-order valence-electron chi connectivity index (χ3n) is 6.13.